The Morgan fingerprint density at radius 2 is 2.19 bits per heavy atom. The van der Waals surface area contributed by atoms with Crippen LogP contribution in [0.25, 0.3) is 0 Å². The van der Waals surface area contributed by atoms with Gasteiger partial charge < -0.3 is 15.7 Å². The van der Waals surface area contributed by atoms with Crippen molar-refractivity contribution >= 4 is 27.5 Å². The van der Waals surface area contributed by atoms with Gasteiger partial charge in [0.15, 0.2) is 11.6 Å². The summed E-state index contributed by atoms with van der Waals surface area (Å²) in [4.78, 5) is 14.2. The Balaban J connectivity index is 2.34. The Bertz CT molecular complexity index is 720. The van der Waals surface area contributed by atoms with Crippen molar-refractivity contribution < 1.29 is 14.9 Å². The van der Waals surface area contributed by atoms with E-state index in [1.165, 1.54) is 36.5 Å². The second-order valence-corrected chi connectivity index (χ2v) is 4.70. The summed E-state index contributed by atoms with van der Waals surface area (Å²) >= 11 is 3.23. The average molecular weight is 353 g/mol. The molecule has 1 aromatic carbocycles. The number of nitrogens with two attached hydrogens (primary N) is 1. The fourth-order valence-corrected chi connectivity index (χ4v) is 1.81. The molecule has 9 heteroatoms. The quantitative estimate of drug-likeness (QED) is 0.286. The number of nitrogens with zero attached hydrogens (tertiary/aromatic N) is 3. The molecule has 0 aliphatic rings. The standard InChI is InChI=1S/C12H9BrN4O4/c13-9-2-1-8(17(19)20)6-10(9)21-11-5-7(3-4-15-11)12(14)16-18/h1-6,18H,(H2,14,16). The number of non-ortho nitro benzene ring substituents is 1. The number of oxime groups is 1. The molecular weight excluding hydrogens is 344 g/mol. The molecule has 2 rings (SSSR count). The van der Waals surface area contributed by atoms with E-state index in [1.807, 2.05) is 0 Å². The maximum absolute atomic E-state index is 10.8. The first-order chi connectivity index (χ1) is 10.0. The van der Waals surface area contributed by atoms with Gasteiger partial charge in [-0.2, -0.15) is 0 Å². The van der Waals surface area contributed by atoms with Gasteiger partial charge in [-0.05, 0) is 28.1 Å². The van der Waals surface area contributed by atoms with E-state index in [9.17, 15) is 10.1 Å². The highest BCUT2D eigenvalue weighted by Gasteiger charge is 2.12. The molecule has 0 fully saturated rings. The summed E-state index contributed by atoms with van der Waals surface area (Å²) in [6, 6.07) is 7.09. The van der Waals surface area contributed by atoms with Crippen molar-refractivity contribution in [2.45, 2.75) is 0 Å². The van der Waals surface area contributed by atoms with Gasteiger partial charge in [-0.15, -0.1) is 0 Å². The highest BCUT2D eigenvalue weighted by Crippen LogP contribution is 2.32. The number of ether oxygens (including phenoxy) is 1. The van der Waals surface area contributed by atoms with Crippen molar-refractivity contribution in [3.63, 3.8) is 0 Å². The molecule has 0 saturated heterocycles. The lowest BCUT2D eigenvalue weighted by Crippen LogP contribution is -2.13. The third kappa shape index (κ3) is 3.45. The summed E-state index contributed by atoms with van der Waals surface area (Å²) in [7, 11) is 0. The predicted octanol–water partition coefficient (Wildman–Crippen LogP) is 2.64. The Morgan fingerprint density at radius 1 is 1.43 bits per heavy atom. The van der Waals surface area contributed by atoms with E-state index in [2.05, 4.69) is 26.1 Å². The van der Waals surface area contributed by atoms with Crippen LogP contribution < -0.4 is 10.5 Å². The number of amidine groups is 1. The van der Waals surface area contributed by atoms with Gasteiger partial charge in [0.05, 0.1) is 15.5 Å². The zero-order chi connectivity index (χ0) is 15.4. The average Bonchev–Trinajstić information content (AvgIpc) is 2.48. The van der Waals surface area contributed by atoms with E-state index in [0.717, 1.165) is 0 Å². The SMILES string of the molecule is N/C(=N/O)c1ccnc(Oc2cc([N+](=O)[O-])ccc2Br)c1. The minimum absolute atomic E-state index is 0.0969. The van der Waals surface area contributed by atoms with Gasteiger partial charge in [-0.25, -0.2) is 4.98 Å². The summed E-state index contributed by atoms with van der Waals surface area (Å²) < 4.78 is 6.01. The number of hydrogen-bond donors (Lipinski definition) is 2. The zero-order valence-corrected chi connectivity index (χ0v) is 12.0. The maximum Gasteiger partial charge on any atom is 0.273 e. The van der Waals surface area contributed by atoms with Gasteiger partial charge in [0.1, 0.15) is 0 Å². The summed E-state index contributed by atoms with van der Waals surface area (Å²) in [5.41, 5.74) is 5.76. The van der Waals surface area contributed by atoms with Crippen LogP contribution in [0.4, 0.5) is 5.69 Å². The smallest absolute Gasteiger partial charge is 0.273 e. The van der Waals surface area contributed by atoms with E-state index in [1.54, 1.807) is 0 Å². The van der Waals surface area contributed by atoms with Crippen molar-refractivity contribution in [1.82, 2.24) is 4.98 Å². The summed E-state index contributed by atoms with van der Waals surface area (Å²) in [5, 5.41) is 22.3. The van der Waals surface area contributed by atoms with Crippen molar-refractivity contribution in [2.75, 3.05) is 0 Å². The molecule has 3 N–H and O–H groups in total. The Hall–Kier alpha value is -2.68. The van der Waals surface area contributed by atoms with E-state index < -0.39 is 4.92 Å². The lowest BCUT2D eigenvalue weighted by atomic mass is 10.2. The number of rotatable bonds is 4. The predicted molar refractivity (Wildman–Crippen MR) is 77.6 cm³/mol. The first-order valence-corrected chi connectivity index (χ1v) is 6.36. The molecule has 0 bridgehead atoms. The van der Waals surface area contributed by atoms with Crippen molar-refractivity contribution in [3.8, 4) is 11.6 Å². The summed E-state index contributed by atoms with van der Waals surface area (Å²) in [6.45, 7) is 0. The molecule has 0 atom stereocenters. The van der Waals surface area contributed by atoms with Gasteiger partial charge in [0.2, 0.25) is 5.88 Å². The fourth-order valence-electron chi connectivity index (χ4n) is 1.48. The second kappa shape index (κ2) is 6.18. The van der Waals surface area contributed by atoms with Crippen LogP contribution in [-0.4, -0.2) is 21.0 Å². The van der Waals surface area contributed by atoms with Crippen molar-refractivity contribution in [1.29, 1.82) is 0 Å². The molecule has 8 nitrogen and oxygen atoms in total. The van der Waals surface area contributed by atoms with Crippen LogP contribution in [0.1, 0.15) is 5.56 Å². The molecule has 108 valence electrons. The van der Waals surface area contributed by atoms with Gasteiger partial charge in [0.25, 0.3) is 5.69 Å². The maximum atomic E-state index is 10.8. The summed E-state index contributed by atoms with van der Waals surface area (Å²) in [6.07, 6.45) is 1.41. The molecule has 0 aliphatic carbocycles. The van der Waals surface area contributed by atoms with E-state index >= 15 is 0 Å². The normalized spacial score (nSPS) is 11.2. The van der Waals surface area contributed by atoms with Crippen LogP contribution in [0.2, 0.25) is 0 Å². The monoisotopic (exact) mass is 352 g/mol. The van der Waals surface area contributed by atoms with Crippen LogP contribution in [0.5, 0.6) is 11.6 Å². The van der Waals surface area contributed by atoms with E-state index in [-0.39, 0.29) is 23.2 Å². The van der Waals surface area contributed by atoms with Gasteiger partial charge in [-0.1, -0.05) is 5.16 Å². The Morgan fingerprint density at radius 3 is 2.86 bits per heavy atom. The van der Waals surface area contributed by atoms with Crippen molar-refractivity contribution in [2.24, 2.45) is 10.9 Å². The van der Waals surface area contributed by atoms with Crippen LogP contribution in [-0.2, 0) is 0 Å². The fraction of sp³-hybridized carbons (Fsp3) is 0. The number of pyridine rings is 1. The number of hydrogen-bond acceptors (Lipinski definition) is 6. The van der Waals surface area contributed by atoms with Crippen LogP contribution in [0, 0.1) is 10.1 Å². The number of nitro benzene ring substituents is 1. The minimum atomic E-state index is -0.528. The molecule has 0 saturated carbocycles. The highest BCUT2D eigenvalue weighted by atomic mass is 79.9. The molecule has 1 aromatic heterocycles. The number of halogens is 1. The Labute approximate surface area is 127 Å². The van der Waals surface area contributed by atoms with E-state index in [4.69, 9.17) is 15.7 Å². The first kappa shape index (κ1) is 14.7. The molecular formula is C12H9BrN4O4. The largest absolute Gasteiger partial charge is 0.438 e. The van der Waals surface area contributed by atoms with Gasteiger partial charge >= 0.3 is 0 Å². The number of aromatic nitrogens is 1. The zero-order valence-electron chi connectivity index (χ0n) is 10.4. The number of benzene rings is 1. The molecule has 0 spiro atoms. The topological polar surface area (TPSA) is 124 Å². The molecule has 0 aliphatic heterocycles. The van der Waals surface area contributed by atoms with E-state index in [0.29, 0.717) is 10.0 Å². The Kier molecular flexibility index (Phi) is 4.33. The molecule has 0 radical (unpaired) electrons. The second-order valence-electron chi connectivity index (χ2n) is 3.84. The van der Waals surface area contributed by atoms with Gasteiger partial charge in [-0.3, -0.25) is 10.1 Å². The third-order valence-electron chi connectivity index (χ3n) is 2.48. The first-order valence-electron chi connectivity index (χ1n) is 5.57. The highest BCUT2D eigenvalue weighted by molar-refractivity contribution is 9.10. The van der Waals surface area contributed by atoms with Gasteiger partial charge in [0, 0.05) is 23.9 Å². The lowest BCUT2D eigenvalue weighted by molar-refractivity contribution is -0.384. The minimum Gasteiger partial charge on any atom is -0.438 e. The molecule has 21 heavy (non-hydrogen) atoms. The molecule has 1 heterocycles. The third-order valence-corrected chi connectivity index (χ3v) is 3.13. The van der Waals surface area contributed by atoms with Crippen LogP contribution in [0.15, 0.2) is 46.2 Å². The van der Waals surface area contributed by atoms with Crippen molar-refractivity contribution in [3.05, 3.63) is 56.7 Å². The summed E-state index contributed by atoms with van der Waals surface area (Å²) in [5.74, 6) is 0.286. The molecule has 0 amide bonds. The molecule has 0 unspecified atom stereocenters. The number of nitro groups is 1. The molecule has 2 aromatic rings. The van der Waals surface area contributed by atoms with Crippen LogP contribution >= 0.6 is 15.9 Å². The van der Waals surface area contributed by atoms with Crippen LogP contribution in [0.3, 0.4) is 0 Å². The lowest BCUT2D eigenvalue weighted by Gasteiger charge is -2.07.